The van der Waals surface area contributed by atoms with E-state index in [9.17, 15) is 4.79 Å². The fraction of sp³-hybridized carbons (Fsp3) is 0.357. The van der Waals surface area contributed by atoms with Crippen LogP contribution in [-0.4, -0.2) is 27.4 Å². The highest BCUT2D eigenvalue weighted by Gasteiger charge is 2.53. The van der Waals surface area contributed by atoms with Crippen molar-refractivity contribution >= 4 is 11.6 Å². The van der Waals surface area contributed by atoms with E-state index in [0.29, 0.717) is 19.7 Å². The number of nitrogens with zero attached hydrogens (tertiary/aromatic N) is 4. The largest absolute Gasteiger partial charge is 0.352 e. The van der Waals surface area contributed by atoms with E-state index in [0.717, 1.165) is 16.9 Å². The Morgan fingerprint density at radius 2 is 2.25 bits per heavy atom. The summed E-state index contributed by atoms with van der Waals surface area (Å²) >= 11 is 0. The molecule has 0 saturated heterocycles. The maximum atomic E-state index is 12.8. The van der Waals surface area contributed by atoms with E-state index in [4.69, 9.17) is 4.74 Å². The van der Waals surface area contributed by atoms with Gasteiger partial charge in [0.1, 0.15) is 0 Å². The number of ether oxygens (including phenoxy) is 1. The van der Waals surface area contributed by atoms with E-state index in [-0.39, 0.29) is 5.91 Å². The number of anilines is 1. The summed E-state index contributed by atoms with van der Waals surface area (Å²) in [5.41, 5.74) is 1.81. The normalized spacial score (nSPS) is 24.1. The van der Waals surface area contributed by atoms with Crippen molar-refractivity contribution in [2.45, 2.75) is 25.7 Å². The zero-order valence-corrected chi connectivity index (χ0v) is 11.1. The number of benzene rings is 1. The Hall–Kier alpha value is -2.21. The van der Waals surface area contributed by atoms with Crippen LogP contribution in [0.25, 0.3) is 0 Å². The third-order valence-electron chi connectivity index (χ3n) is 4.07. The molecule has 6 nitrogen and oxygen atoms in total. The molecule has 1 spiro atoms. The summed E-state index contributed by atoms with van der Waals surface area (Å²) < 4.78 is 7.75. The van der Waals surface area contributed by atoms with Gasteiger partial charge < -0.3 is 9.64 Å². The molecular formula is C14H14N4O2. The molecule has 20 heavy (non-hydrogen) atoms. The van der Waals surface area contributed by atoms with Crippen LogP contribution in [0.15, 0.2) is 30.5 Å². The molecule has 3 heterocycles. The molecule has 0 N–H and O–H groups in total. The molecule has 102 valence electrons. The van der Waals surface area contributed by atoms with Gasteiger partial charge in [-0.25, -0.2) is 4.68 Å². The number of likely N-dealkylation sites (N-methyl/N-ethyl adjacent to an activating group) is 1. The predicted molar refractivity (Wildman–Crippen MR) is 71.0 cm³/mol. The lowest BCUT2D eigenvalue weighted by Crippen LogP contribution is -2.48. The lowest BCUT2D eigenvalue weighted by atomic mass is 9.94. The number of para-hydroxylation sites is 1. The third kappa shape index (κ3) is 1.29. The van der Waals surface area contributed by atoms with Crippen LogP contribution in [0.3, 0.4) is 0 Å². The molecule has 0 aliphatic carbocycles. The molecule has 6 heteroatoms. The SMILES string of the molecule is CCN1C(=O)C2(Cn3nncc3CO2)c2ccccc21. The van der Waals surface area contributed by atoms with Crippen LogP contribution in [0.1, 0.15) is 18.2 Å². The molecule has 1 aromatic carbocycles. The number of carbonyl (C=O) groups excluding carboxylic acids is 1. The summed E-state index contributed by atoms with van der Waals surface area (Å²) in [4.78, 5) is 14.6. The fourth-order valence-electron chi connectivity index (χ4n) is 3.08. The summed E-state index contributed by atoms with van der Waals surface area (Å²) in [7, 11) is 0. The first-order chi connectivity index (χ1) is 9.76. The average Bonchev–Trinajstić information content (AvgIpc) is 3.02. The highest BCUT2D eigenvalue weighted by molar-refractivity contribution is 6.07. The van der Waals surface area contributed by atoms with Gasteiger partial charge >= 0.3 is 0 Å². The third-order valence-corrected chi connectivity index (χ3v) is 4.07. The van der Waals surface area contributed by atoms with Crippen LogP contribution in [0.4, 0.5) is 5.69 Å². The van der Waals surface area contributed by atoms with E-state index in [1.165, 1.54) is 0 Å². The van der Waals surface area contributed by atoms with E-state index < -0.39 is 5.60 Å². The maximum absolute atomic E-state index is 12.8. The van der Waals surface area contributed by atoms with Crippen LogP contribution in [0.5, 0.6) is 0 Å². The second-order valence-corrected chi connectivity index (χ2v) is 5.07. The van der Waals surface area contributed by atoms with E-state index in [2.05, 4.69) is 10.3 Å². The van der Waals surface area contributed by atoms with Crippen molar-refractivity contribution < 1.29 is 9.53 Å². The lowest BCUT2D eigenvalue weighted by Gasteiger charge is -2.32. The Morgan fingerprint density at radius 3 is 3.10 bits per heavy atom. The summed E-state index contributed by atoms with van der Waals surface area (Å²) in [6.45, 7) is 3.34. The van der Waals surface area contributed by atoms with Crippen molar-refractivity contribution in [3.8, 4) is 0 Å². The van der Waals surface area contributed by atoms with E-state index in [1.54, 1.807) is 15.8 Å². The van der Waals surface area contributed by atoms with Crippen molar-refractivity contribution in [3.05, 3.63) is 41.7 Å². The zero-order valence-electron chi connectivity index (χ0n) is 11.1. The number of fused-ring (bicyclic) bond motifs is 3. The van der Waals surface area contributed by atoms with Gasteiger partial charge in [0.2, 0.25) is 0 Å². The molecule has 0 fully saturated rings. The number of aromatic nitrogens is 3. The summed E-state index contributed by atoms with van der Waals surface area (Å²) in [5, 5.41) is 7.94. The topological polar surface area (TPSA) is 60.2 Å². The molecule has 1 unspecified atom stereocenters. The fourth-order valence-corrected chi connectivity index (χ4v) is 3.08. The molecule has 1 aromatic heterocycles. The number of hydrogen-bond acceptors (Lipinski definition) is 4. The van der Waals surface area contributed by atoms with Gasteiger partial charge in [0.25, 0.3) is 5.91 Å². The van der Waals surface area contributed by atoms with Gasteiger partial charge in [-0.15, -0.1) is 5.10 Å². The van der Waals surface area contributed by atoms with E-state index >= 15 is 0 Å². The molecule has 2 aliphatic rings. The molecule has 0 saturated carbocycles. The van der Waals surface area contributed by atoms with Gasteiger partial charge in [0.15, 0.2) is 5.60 Å². The standard InChI is InChI=1S/C14H14N4O2/c1-2-17-12-6-4-3-5-11(12)14(13(17)19)9-18-10(8-20-14)7-15-16-18/h3-7H,2,8-9H2,1H3. The van der Waals surface area contributed by atoms with Crippen LogP contribution < -0.4 is 4.90 Å². The zero-order chi connectivity index (χ0) is 13.7. The monoisotopic (exact) mass is 270 g/mol. The highest BCUT2D eigenvalue weighted by Crippen LogP contribution is 2.45. The Morgan fingerprint density at radius 1 is 1.40 bits per heavy atom. The van der Waals surface area contributed by atoms with Crippen molar-refractivity contribution in [1.82, 2.24) is 15.0 Å². The van der Waals surface area contributed by atoms with Crippen molar-refractivity contribution in [2.75, 3.05) is 11.4 Å². The minimum atomic E-state index is -0.951. The number of carbonyl (C=O) groups is 1. The van der Waals surface area contributed by atoms with Crippen LogP contribution in [0.2, 0.25) is 0 Å². The van der Waals surface area contributed by atoms with Gasteiger partial charge in [-0.05, 0) is 13.0 Å². The Bertz CT molecular complexity index is 696. The Labute approximate surface area is 115 Å². The molecule has 2 aliphatic heterocycles. The smallest absolute Gasteiger partial charge is 0.265 e. The first-order valence-corrected chi connectivity index (χ1v) is 6.69. The lowest BCUT2D eigenvalue weighted by molar-refractivity contribution is -0.153. The quantitative estimate of drug-likeness (QED) is 0.777. The van der Waals surface area contributed by atoms with Gasteiger partial charge in [-0.3, -0.25) is 4.79 Å². The molecule has 1 amide bonds. The highest BCUT2D eigenvalue weighted by atomic mass is 16.5. The Balaban J connectivity index is 1.89. The van der Waals surface area contributed by atoms with Crippen molar-refractivity contribution in [1.29, 1.82) is 0 Å². The first kappa shape index (κ1) is 11.6. The van der Waals surface area contributed by atoms with Gasteiger partial charge in [-0.1, -0.05) is 23.4 Å². The van der Waals surface area contributed by atoms with Gasteiger partial charge in [-0.2, -0.15) is 0 Å². The van der Waals surface area contributed by atoms with Crippen LogP contribution >= 0.6 is 0 Å². The molecule has 4 rings (SSSR count). The molecule has 1 atom stereocenters. The molecule has 0 bridgehead atoms. The first-order valence-electron chi connectivity index (χ1n) is 6.69. The summed E-state index contributed by atoms with van der Waals surface area (Å²) in [6.07, 6.45) is 1.68. The van der Waals surface area contributed by atoms with Crippen molar-refractivity contribution in [3.63, 3.8) is 0 Å². The van der Waals surface area contributed by atoms with Crippen LogP contribution in [0, 0.1) is 0 Å². The number of rotatable bonds is 1. The second kappa shape index (κ2) is 3.89. The molecule has 2 aromatic rings. The maximum Gasteiger partial charge on any atom is 0.265 e. The number of hydrogen-bond donors (Lipinski definition) is 0. The predicted octanol–water partition coefficient (Wildman–Crippen LogP) is 1.07. The summed E-state index contributed by atoms with van der Waals surface area (Å²) in [6, 6.07) is 7.81. The number of amides is 1. The van der Waals surface area contributed by atoms with Crippen LogP contribution in [-0.2, 0) is 28.3 Å². The second-order valence-electron chi connectivity index (χ2n) is 5.07. The average molecular weight is 270 g/mol. The molecular weight excluding hydrogens is 256 g/mol. The van der Waals surface area contributed by atoms with Gasteiger partial charge in [0.05, 0.1) is 30.7 Å². The molecule has 0 radical (unpaired) electrons. The van der Waals surface area contributed by atoms with Crippen molar-refractivity contribution in [2.24, 2.45) is 0 Å². The minimum absolute atomic E-state index is 0.0117. The van der Waals surface area contributed by atoms with E-state index in [1.807, 2.05) is 31.2 Å². The van der Waals surface area contributed by atoms with Gasteiger partial charge in [0, 0.05) is 12.1 Å². The Kier molecular flexibility index (Phi) is 2.26. The minimum Gasteiger partial charge on any atom is -0.352 e. The summed E-state index contributed by atoms with van der Waals surface area (Å²) in [5.74, 6) is -0.0117.